The molecule has 0 amide bonds. The molecule has 3 rings (SSSR count). The van der Waals surface area contributed by atoms with Crippen molar-refractivity contribution in [2.45, 2.75) is 0 Å². The zero-order chi connectivity index (χ0) is 12.4. The largest absolute Gasteiger partial charge is 0.416 e. The van der Waals surface area contributed by atoms with E-state index >= 15 is 0 Å². The Bertz CT molecular complexity index is 710. The molecular formula is C15H11NO2. The summed E-state index contributed by atoms with van der Waals surface area (Å²) in [6, 6.07) is 18.0. The number of benzene rings is 2. The first-order valence-corrected chi connectivity index (χ1v) is 5.67. The van der Waals surface area contributed by atoms with Crippen LogP contribution in [0, 0.1) is 0 Å². The highest BCUT2D eigenvalue weighted by molar-refractivity contribution is 5.70. The number of H-pyrrole nitrogens is 1. The number of aromatic amines is 1. The van der Waals surface area contributed by atoms with Crippen molar-refractivity contribution in [3.05, 3.63) is 71.3 Å². The van der Waals surface area contributed by atoms with Gasteiger partial charge in [0.2, 0.25) is 0 Å². The van der Waals surface area contributed by atoms with Crippen molar-refractivity contribution < 1.29 is 4.42 Å². The van der Waals surface area contributed by atoms with Crippen LogP contribution in [0.2, 0.25) is 0 Å². The lowest BCUT2D eigenvalue weighted by Crippen LogP contribution is -1.92. The predicted molar refractivity (Wildman–Crippen MR) is 70.2 cm³/mol. The van der Waals surface area contributed by atoms with Crippen molar-refractivity contribution in [3.8, 4) is 22.5 Å². The molecule has 88 valence electrons. The van der Waals surface area contributed by atoms with Gasteiger partial charge in [-0.15, -0.1) is 0 Å². The Morgan fingerprint density at radius 1 is 0.833 bits per heavy atom. The zero-order valence-corrected chi connectivity index (χ0v) is 9.59. The number of rotatable bonds is 2. The molecule has 0 aliphatic heterocycles. The summed E-state index contributed by atoms with van der Waals surface area (Å²) in [6.45, 7) is 0. The van der Waals surface area contributed by atoms with Crippen LogP contribution in [-0.2, 0) is 0 Å². The first-order valence-electron chi connectivity index (χ1n) is 5.67. The van der Waals surface area contributed by atoms with Crippen molar-refractivity contribution in [1.82, 2.24) is 4.98 Å². The summed E-state index contributed by atoms with van der Waals surface area (Å²) in [5.74, 6) is 0.118. The van der Waals surface area contributed by atoms with Crippen molar-refractivity contribution in [1.29, 1.82) is 0 Å². The average molecular weight is 237 g/mol. The highest BCUT2D eigenvalue weighted by Crippen LogP contribution is 2.25. The zero-order valence-electron chi connectivity index (χ0n) is 9.59. The molecule has 3 nitrogen and oxygen atoms in total. The minimum atomic E-state index is -0.435. The average Bonchev–Trinajstić information content (AvgIpc) is 2.87. The molecule has 1 N–H and O–H groups in total. The standard InChI is InChI=1S/C15H11NO2/c17-15-16-10-14(18-15)13-8-4-7-12(9-13)11-5-2-1-3-6-11/h1-10H,(H,16,17). The third-order valence-electron chi connectivity index (χ3n) is 2.78. The maximum atomic E-state index is 11.0. The number of hydrogen-bond donors (Lipinski definition) is 1. The molecule has 0 aliphatic rings. The van der Waals surface area contributed by atoms with E-state index in [9.17, 15) is 4.79 Å². The third kappa shape index (κ3) is 1.98. The van der Waals surface area contributed by atoms with E-state index in [4.69, 9.17) is 4.42 Å². The molecule has 0 radical (unpaired) electrons. The lowest BCUT2D eigenvalue weighted by atomic mass is 10.0. The summed E-state index contributed by atoms with van der Waals surface area (Å²) in [5.41, 5.74) is 3.11. The van der Waals surface area contributed by atoms with Gasteiger partial charge in [-0.2, -0.15) is 0 Å². The molecule has 2 aromatic carbocycles. The van der Waals surface area contributed by atoms with Crippen LogP contribution in [0.4, 0.5) is 0 Å². The smallest absolute Gasteiger partial charge is 0.408 e. The van der Waals surface area contributed by atoms with E-state index in [0.29, 0.717) is 5.76 Å². The molecule has 18 heavy (non-hydrogen) atoms. The van der Waals surface area contributed by atoms with E-state index in [1.807, 2.05) is 54.6 Å². The first kappa shape index (κ1) is 10.6. The molecule has 0 saturated heterocycles. The van der Waals surface area contributed by atoms with Gasteiger partial charge < -0.3 is 4.42 Å². The normalized spacial score (nSPS) is 10.4. The molecular weight excluding hydrogens is 226 g/mol. The Morgan fingerprint density at radius 2 is 1.56 bits per heavy atom. The molecule has 0 atom stereocenters. The quantitative estimate of drug-likeness (QED) is 0.743. The van der Waals surface area contributed by atoms with Gasteiger partial charge in [-0.05, 0) is 17.2 Å². The van der Waals surface area contributed by atoms with Crippen LogP contribution in [0.3, 0.4) is 0 Å². The monoisotopic (exact) mass is 237 g/mol. The lowest BCUT2D eigenvalue weighted by Gasteiger charge is -2.03. The minimum absolute atomic E-state index is 0.435. The second-order valence-corrected chi connectivity index (χ2v) is 3.99. The number of aromatic nitrogens is 1. The molecule has 0 saturated carbocycles. The molecule has 3 aromatic rings. The summed E-state index contributed by atoms with van der Waals surface area (Å²) >= 11 is 0. The Labute approximate surface area is 104 Å². The number of nitrogens with one attached hydrogen (secondary N) is 1. The third-order valence-corrected chi connectivity index (χ3v) is 2.78. The summed E-state index contributed by atoms with van der Waals surface area (Å²) < 4.78 is 5.05. The molecule has 3 heteroatoms. The van der Waals surface area contributed by atoms with Gasteiger partial charge in [-0.1, -0.05) is 48.5 Å². The van der Waals surface area contributed by atoms with Gasteiger partial charge in [-0.25, -0.2) is 4.79 Å². The van der Waals surface area contributed by atoms with Crippen LogP contribution in [0.1, 0.15) is 0 Å². The van der Waals surface area contributed by atoms with Gasteiger partial charge >= 0.3 is 5.76 Å². The van der Waals surface area contributed by atoms with Crippen LogP contribution in [0.5, 0.6) is 0 Å². The van der Waals surface area contributed by atoms with Gasteiger partial charge in [0, 0.05) is 5.56 Å². The molecule has 0 spiro atoms. The fraction of sp³-hybridized carbons (Fsp3) is 0. The van der Waals surface area contributed by atoms with Crippen LogP contribution in [-0.4, -0.2) is 4.98 Å². The molecule has 0 unspecified atom stereocenters. The number of oxazole rings is 1. The fourth-order valence-electron chi connectivity index (χ4n) is 1.91. The van der Waals surface area contributed by atoms with Gasteiger partial charge in [0.25, 0.3) is 0 Å². The Kier molecular flexibility index (Phi) is 2.57. The first-order chi connectivity index (χ1) is 8.83. The van der Waals surface area contributed by atoms with Crippen LogP contribution in [0.25, 0.3) is 22.5 Å². The van der Waals surface area contributed by atoms with Crippen LogP contribution >= 0.6 is 0 Å². The second-order valence-electron chi connectivity index (χ2n) is 3.99. The Hall–Kier alpha value is -2.55. The van der Waals surface area contributed by atoms with E-state index in [0.717, 1.165) is 16.7 Å². The molecule has 1 aromatic heterocycles. The predicted octanol–water partition coefficient (Wildman–Crippen LogP) is 3.30. The van der Waals surface area contributed by atoms with Gasteiger partial charge in [0.05, 0.1) is 6.20 Å². The van der Waals surface area contributed by atoms with E-state index in [-0.39, 0.29) is 0 Å². The van der Waals surface area contributed by atoms with Crippen LogP contribution < -0.4 is 5.76 Å². The van der Waals surface area contributed by atoms with Crippen molar-refractivity contribution in [3.63, 3.8) is 0 Å². The maximum Gasteiger partial charge on any atom is 0.416 e. The number of hydrogen-bond acceptors (Lipinski definition) is 2. The van der Waals surface area contributed by atoms with Crippen molar-refractivity contribution >= 4 is 0 Å². The molecule has 0 aliphatic carbocycles. The fourth-order valence-corrected chi connectivity index (χ4v) is 1.91. The van der Waals surface area contributed by atoms with E-state index in [1.54, 1.807) is 6.20 Å². The van der Waals surface area contributed by atoms with E-state index in [1.165, 1.54) is 0 Å². The van der Waals surface area contributed by atoms with Gasteiger partial charge in [0.15, 0.2) is 5.76 Å². The topological polar surface area (TPSA) is 46.0 Å². The lowest BCUT2D eigenvalue weighted by molar-refractivity contribution is 0.528. The van der Waals surface area contributed by atoms with Gasteiger partial charge in [0.1, 0.15) is 0 Å². The summed E-state index contributed by atoms with van der Waals surface area (Å²) in [7, 11) is 0. The molecule has 1 heterocycles. The van der Waals surface area contributed by atoms with Crippen molar-refractivity contribution in [2.24, 2.45) is 0 Å². The molecule has 0 fully saturated rings. The Morgan fingerprint density at radius 3 is 2.28 bits per heavy atom. The highest BCUT2D eigenvalue weighted by atomic mass is 16.4. The summed E-state index contributed by atoms with van der Waals surface area (Å²) in [5, 5.41) is 0. The van der Waals surface area contributed by atoms with E-state index in [2.05, 4.69) is 4.98 Å². The minimum Gasteiger partial charge on any atom is -0.408 e. The maximum absolute atomic E-state index is 11.0. The van der Waals surface area contributed by atoms with Gasteiger partial charge in [-0.3, -0.25) is 4.98 Å². The second kappa shape index (κ2) is 4.37. The SMILES string of the molecule is O=c1[nH]cc(-c2cccc(-c3ccccc3)c2)o1. The summed E-state index contributed by atoms with van der Waals surface area (Å²) in [4.78, 5) is 13.5. The summed E-state index contributed by atoms with van der Waals surface area (Å²) in [6.07, 6.45) is 1.58. The van der Waals surface area contributed by atoms with E-state index < -0.39 is 5.76 Å². The highest BCUT2D eigenvalue weighted by Gasteiger charge is 2.04. The Balaban J connectivity index is 2.07. The molecule has 0 bridgehead atoms. The van der Waals surface area contributed by atoms with Crippen LogP contribution in [0.15, 0.2) is 70.0 Å². The van der Waals surface area contributed by atoms with Crippen molar-refractivity contribution in [2.75, 3.05) is 0 Å².